The van der Waals surface area contributed by atoms with Crippen molar-refractivity contribution >= 4 is 0 Å². The third-order valence-corrected chi connectivity index (χ3v) is 1.85. The van der Waals surface area contributed by atoms with E-state index < -0.39 is 5.82 Å². The van der Waals surface area contributed by atoms with Crippen molar-refractivity contribution in [1.29, 1.82) is 0 Å². The fraction of sp³-hybridized carbons (Fsp3) is 0.200. The molecule has 1 unspecified atom stereocenters. The van der Waals surface area contributed by atoms with E-state index in [9.17, 15) is 4.39 Å². The molecule has 0 bridgehead atoms. The molecule has 0 amide bonds. The molecule has 0 saturated carbocycles. The molecule has 1 atom stereocenters. The van der Waals surface area contributed by atoms with E-state index in [2.05, 4.69) is 6.58 Å². The molecule has 0 saturated heterocycles. The summed E-state index contributed by atoms with van der Waals surface area (Å²) in [4.78, 5) is 0. The topological polar surface area (TPSA) is 20.2 Å². The van der Waals surface area contributed by atoms with Gasteiger partial charge in [0, 0.05) is 5.92 Å². The molecule has 0 aromatic heterocycles. The van der Waals surface area contributed by atoms with E-state index in [1.807, 2.05) is 6.92 Å². The minimum absolute atomic E-state index is 0.0721. The minimum atomic E-state index is -0.551. The number of rotatable bonds is 2. The first kappa shape index (κ1) is 8.78. The standard InChI is InChI=1S/C10H11FO/c1-3-7(2)8-5-4-6-9(12)10(8)11/h3-7,12H,1H2,2H3. The highest BCUT2D eigenvalue weighted by atomic mass is 19.1. The van der Waals surface area contributed by atoms with Gasteiger partial charge in [-0.2, -0.15) is 0 Å². The van der Waals surface area contributed by atoms with Gasteiger partial charge >= 0.3 is 0 Å². The molecule has 1 nitrogen and oxygen atoms in total. The van der Waals surface area contributed by atoms with E-state index >= 15 is 0 Å². The summed E-state index contributed by atoms with van der Waals surface area (Å²) < 4.78 is 13.1. The molecule has 2 heteroatoms. The monoisotopic (exact) mass is 166 g/mol. The third kappa shape index (κ3) is 1.47. The van der Waals surface area contributed by atoms with Crippen molar-refractivity contribution in [2.45, 2.75) is 12.8 Å². The molecule has 1 N–H and O–H groups in total. The number of phenols is 1. The van der Waals surface area contributed by atoms with Gasteiger partial charge in [-0.05, 0) is 11.6 Å². The van der Waals surface area contributed by atoms with Crippen molar-refractivity contribution in [1.82, 2.24) is 0 Å². The molecule has 0 heterocycles. The van der Waals surface area contributed by atoms with Gasteiger partial charge in [-0.15, -0.1) is 6.58 Å². The Balaban J connectivity index is 3.15. The van der Waals surface area contributed by atoms with Gasteiger partial charge in [0.1, 0.15) is 0 Å². The second-order valence-corrected chi connectivity index (χ2v) is 2.70. The van der Waals surface area contributed by atoms with Crippen LogP contribution in [0.5, 0.6) is 5.75 Å². The predicted octanol–water partition coefficient (Wildman–Crippen LogP) is 2.82. The number of phenolic OH excluding ortho intramolecular Hbond substituents is 1. The quantitative estimate of drug-likeness (QED) is 0.670. The number of benzene rings is 1. The minimum Gasteiger partial charge on any atom is -0.505 e. The van der Waals surface area contributed by atoms with Crippen molar-refractivity contribution in [2.75, 3.05) is 0 Å². The first-order valence-corrected chi connectivity index (χ1v) is 3.76. The first-order valence-electron chi connectivity index (χ1n) is 3.76. The van der Waals surface area contributed by atoms with Crippen molar-refractivity contribution in [3.05, 3.63) is 42.2 Å². The highest BCUT2D eigenvalue weighted by Gasteiger charge is 2.10. The van der Waals surface area contributed by atoms with Crippen LogP contribution in [0.25, 0.3) is 0 Å². The van der Waals surface area contributed by atoms with Crippen LogP contribution in [0.1, 0.15) is 18.4 Å². The average molecular weight is 166 g/mol. The zero-order chi connectivity index (χ0) is 9.14. The molecule has 0 aliphatic carbocycles. The summed E-state index contributed by atoms with van der Waals surface area (Å²) in [6, 6.07) is 4.59. The van der Waals surface area contributed by atoms with Gasteiger partial charge in [-0.1, -0.05) is 25.1 Å². The molecule has 0 aliphatic rings. The maximum atomic E-state index is 13.1. The van der Waals surface area contributed by atoms with Crippen molar-refractivity contribution in [3.8, 4) is 5.75 Å². The SMILES string of the molecule is C=CC(C)c1cccc(O)c1F. The fourth-order valence-electron chi connectivity index (χ4n) is 1.02. The van der Waals surface area contributed by atoms with Gasteiger partial charge in [0.15, 0.2) is 11.6 Å². The summed E-state index contributed by atoms with van der Waals surface area (Å²) in [5.41, 5.74) is 0.477. The van der Waals surface area contributed by atoms with Crippen LogP contribution in [-0.2, 0) is 0 Å². The van der Waals surface area contributed by atoms with E-state index in [-0.39, 0.29) is 11.7 Å². The second kappa shape index (κ2) is 3.39. The summed E-state index contributed by atoms with van der Waals surface area (Å²) >= 11 is 0. The Hall–Kier alpha value is -1.31. The van der Waals surface area contributed by atoms with E-state index in [0.717, 1.165) is 0 Å². The Bertz CT molecular complexity index is 294. The third-order valence-electron chi connectivity index (χ3n) is 1.85. The van der Waals surface area contributed by atoms with Crippen molar-refractivity contribution in [2.24, 2.45) is 0 Å². The van der Waals surface area contributed by atoms with E-state index in [1.165, 1.54) is 6.07 Å². The lowest BCUT2D eigenvalue weighted by Crippen LogP contribution is -1.93. The van der Waals surface area contributed by atoms with Crippen LogP contribution in [0.4, 0.5) is 4.39 Å². The van der Waals surface area contributed by atoms with Gasteiger partial charge in [0.25, 0.3) is 0 Å². The van der Waals surface area contributed by atoms with Crippen LogP contribution in [-0.4, -0.2) is 5.11 Å². The van der Waals surface area contributed by atoms with Crippen LogP contribution in [0.2, 0.25) is 0 Å². The molecular weight excluding hydrogens is 155 g/mol. The van der Waals surface area contributed by atoms with Crippen LogP contribution in [0.15, 0.2) is 30.9 Å². The van der Waals surface area contributed by atoms with Gasteiger partial charge in [0.2, 0.25) is 0 Å². The summed E-state index contributed by atoms with van der Waals surface area (Å²) in [7, 11) is 0. The number of hydrogen-bond donors (Lipinski definition) is 1. The lowest BCUT2D eigenvalue weighted by molar-refractivity contribution is 0.428. The number of aromatic hydroxyl groups is 1. The van der Waals surface area contributed by atoms with E-state index in [4.69, 9.17) is 5.11 Å². The van der Waals surface area contributed by atoms with Gasteiger partial charge in [-0.3, -0.25) is 0 Å². The number of hydrogen-bond acceptors (Lipinski definition) is 1. The van der Waals surface area contributed by atoms with Crippen LogP contribution in [0, 0.1) is 5.82 Å². The van der Waals surface area contributed by atoms with Crippen LogP contribution in [0.3, 0.4) is 0 Å². The molecule has 0 spiro atoms. The number of allylic oxidation sites excluding steroid dienone is 1. The largest absolute Gasteiger partial charge is 0.505 e. The highest BCUT2D eigenvalue weighted by Crippen LogP contribution is 2.25. The smallest absolute Gasteiger partial charge is 0.168 e. The Kier molecular flexibility index (Phi) is 2.48. The summed E-state index contributed by atoms with van der Waals surface area (Å²) in [5, 5.41) is 9.04. The predicted molar refractivity (Wildman–Crippen MR) is 46.7 cm³/mol. The van der Waals surface area contributed by atoms with Crippen molar-refractivity contribution in [3.63, 3.8) is 0 Å². The average Bonchev–Trinajstić information content (AvgIpc) is 2.08. The van der Waals surface area contributed by atoms with Crippen LogP contribution < -0.4 is 0 Å². The van der Waals surface area contributed by atoms with Gasteiger partial charge in [0.05, 0.1) is 0 Å². The van der Waals surface area contributed by atoms with E-state index in [0.29, 0.717) is 5.56 Å². The summed E-state index contributed by atoms with van der Waals surface area (Å²) in [6.07, 6.45) is 1.64. The molecule has 1 rings (SSSR count). The Labute approximate surface area is 71.2 Å². The molecule has 1 aromatic rings. The first-order chi connectivity index (χ1) is 5.66. The fourth-order valence-corrected chi connectivity index (χ4v) is 1.02. The molecule has 1 aromatic carbocycles. The molecular formula is C10H11FO. The Morgan fingerprint density at radius 1 is 1.58 bits per heavy atom. The maximum absolute atomic E-state index is 13.1. The maximum Gasteiger partial charge on any atom is 0.168 e. The summed E-state index contributed by atoms with van der Waals surface area (Å²) in [5.74, 6) is -0.928. The number of halogens is 1. The zero-order valence-corrected chi connectivity index (χ0v) is 6.92. The Morgan fingerprint density at radius 3 is 2.83 bits per heavy atom. The lowest BCUT2D eigenvalue weighted by Gasteiger charge is -2.07. The normalized spacial score (nSPS) is 12.5. The van der Waals surface area contributed by atoms with E-state index in [1.54, 1.807) is 18.2 Å². The van der Waals surface area contributed by atoms with Crippen LogP contribution >= 0.6 is 0 Å². The molecule has 0 aliphatic heterocycles. The lowest BCUT2D eigenvalue weighted by atomic mass is 10.0. The molecule has 64 valence electrons. The molecule has 12 heavy (non-hydrogen) atoms. The zero-order valence-electron chi connectivity index (χ0n) is 6.92. The Morgan fingerprint density at radius 2 is 2.25 bits per heavy atom. The second-order valence-electron chi connectivity index (χ2n) is 2.70. The highest BCUT2D eigenvalue weighted by molar-refractivity contribution is 5.33. The summed E-state index contributed by atoms with van der Waals surface area (Å²) in [6.45, 7) is 5.38. The molecule has 0 radical (unpaired) electrons. The molecule has 0 fully saturated rings. The van der Waals surface area contributed by atoms with Crippen molar-refractivity contribution < 1.29 is 9.50 Å². The van der Waals surface area contributed by atoms with Gasteiger partial charge < -0.3 is 5.11 Å². The van der Waals surface area contributed by atoms with Gasteiger partial charge in [-0.25, -0.2) is 4.39 Å².